The molecule has 1 atom stereocenters. The SMILES string of the molecule is COCCC(C)Oc1ccccc1CCN. The van der Waals surface area contributed by atoms with Gasteiger partial charge in [-0.15, -0.1) is 0 Å². The lowest BCUT2D eigenvalue weighted by Crippen LogP contribution is -2.15. The Kier molecular flexibility index (Phi) is 5.90. The van der Waals surface area contributed by atoms with E-state index in [1.54, 1.807) is 7.11 Å². The summed E-state index contributed by atoms with van der Waals surface area (Å²) >= 11 is 0. The van der Waals surface area contributed by atoms with Crippen molar-refractivity contribution in [2.24, 2.45) is 5.73 Å². The average molecular weight is 223 g/mol. The van der Waals surface area contributed by atoms with E-state index in [4.69, 9.17) is 15.2 Å². The third-order valence-electron chi connectivity index (χ3n) is 2.44. The van der Waals surface area contributed by atoms with Crippen molar-refractivity contribution in [1.82, 2.24) is 0 Å². The average Bonchev–Trinajstić information content (AvgIpc) is 2.29. The smallest absolute Gasteiger partial charge is 0.122 e. The number of methoxy groups -OCH3 is 1. The van der Waals surface area contributed by atoms with Crippen LogP contribution < -0.4 is 10.5 Å². The number of benzene rings is 1. The maximum atomic E-state index is 5.86. The van der Waals surface area contributed by atoms with E-state index in [0.29, 0.717) is 6.54 Å². The fourth-order valence-corrected chi connectivity index (χ4v) is 1.54. The number of nitrogens with two attached hydrogens (primary N) is 1. The monoisotopic (exact) mass is 223 g/mol. The molecule has 3 heteroatoms. The quantitative estimate of drug-likeness (QED) is 0.769. The molecule has 0 aliphatic rings. The molecule has 0 amide bonds. The molecule has 0 saturated carbocycles. The minimum Gasteiger partial charge on any atom is -0.490 e. The Morgan fingerprint density at radius 1 is 1.31 bits per heavy atom. The van der Waals surface area contributed by atoms with Crippen molar-refractivity contribution < 1.29 is 9.47 Å². The van der Waals surface area contributed by atoms with E-state index in [0.717, 1.165) is 25.2 Å². The molecular formula is C13H21NO2. The van der Waals surface area contributed by atoms with Crippen molar-refractivity contribution in [3.05, 3.63) is 29.8 Å². The molecule has 0 aliphatic carbocycles. The molecule has 16 heavy (non-hydrogen) atoms. The number of rotatable bonds is 7. The zero-order valence-electron chi connectivity index (χ0n) is 10.1. The number of para-hydroxylation sites is 1. The molecular weight excluding hydrogens is 202 g/mol. The molecule has 3 nitrogen and oxygen atoms in total. The highest BCUT2D eigenvalue weighted by Gasteiger charge is 2.07. The minimum absolute atomic E-state index is 0.166. The van der Waals surface area contributed by atoms with Gasteiger partial charge in [-0.3, -0.25) is 0 Å². The highest BCUT2D eigenvalue weighted by Crippen LogP contribution is 2.20. The summed E-state index contributed by atoms with van der Waals surface area (Å²) in [6, 6.07) is 8.05. The summed E-state index contributed by atoms with van der Waals surface area (Å²) in [5.41, 5.74) is 6.74. The first-order valence-corrected chi connectivity index (χ1v) is 5.71. The number of hydrogen-bond donors (Lipinski definition) is 1. The first kappa shape index (κ1) is 13.0. The van der Waals surface area contributed by atoms with E-state index in [1.165, 1.54) is 5.56 Å². The van der Waals surface area contributed by atoms with Crippen LogP contribution in [0.4, 0.5) is 0 Å². The van der Waals surface area contributed by atoms with Crippen molar-refractivity contribution in [1.29, 1.82) is 0 Å². The summed E-state index contributed by atoms with van der Waals surface area (Å²) in [5.74, 6) is 0.941. The highest BCUT2D eigenvalue weighted by atomic mass is 16.5. The van der Waals surface area contributed by atoms with Crippen LogP contribution in [0.5, 0.6) is 5.75 Å². The highest BCUT2D eigenvalue weighted by molar-refractivity contribution is 5.33. The summed E-state index contributed by atoms with van der Waals surface area (Å²) in [6.07, 6.45) is 1.92. The second-order valence-corrected chi connectivity index (χ2v) is 3.86. The maximum Gasteiger partial charge on any atom is 0.122 e. The van der Waals surface area contributed by atoms with E-state index < -0.39 is 0 Å². The number of ether oxygens (including phenoxy) is 2. The summed E-state index contributed by atoms with van der Waals surface area (Å²) in [6.45, 7) is 3.42. The molecule has 0 fully saturated rings. The molecule has 0 saturated heterocycles. The second kappa shape index (κ2) is 7.25. The lowest BCUT2D eigenvalue weighted by molar-refractivity contribution is 0.134. The van der Waals surface area contributed by atoms with Gasteiger partial charge >= 0.3 is 0 Å². The second-order valence-electron chi connectivity index (χ2n) is 3.86. The lowest BCUT2D eigenvalue weighted by atomic mass is 10.1. The first-order chi connectivity index (χ1) is 7.77. The maximum absolute atomic E-state index is 5.86. The predicted molar refractivity (Wildman–Crippen MR) is 65.8 cm³/mol. The van der Waals surface area contributed by atoms with Crippen LogP contribution in [0.15, 0.2) is 24.3 Å². The molecule has 0 bridgehead atoms. The number of hydrogen-bond acceptors (Lipinski definition) is 3. The van der Waals surface area contributed by atoms with Gasteiger partial charge < -0.3 is 15.2 Å². The Morgan fingerprint density at radius 3 is 2.75 bits per heavy atom. The summed E-state index contributed by atoms with van der Waals surface area (Å²) < 4.78 is 10.9. The summed E-state index contributed by atoms with van der Waals surface area (Å²) in [7, 11) is 1.70. The molecule has 1 aromatic carbocycles. The van der Waals surface area contributed by atoms with Gasteiger partial charge in [-0.2, -0.15) is 0 Å². The van der Waals surface area contributed by atoms with Gasteiger partial charge in [-0.25, -0.2) is 0 Å². The van der Waals surface area contributed by atoms with E-state index >= 15 is 0 Å². The van der Waals surface area contributed by atoms with Crippen molar-refractivity contribution in [2.45, 2.75) is 25.9 Å². The van der Waals surface area contributed by atoms with Gasteiger partial charge in [0.1, 0.15) is 5.75 Å². The predicted octanol–water partition coefficient (Wildman–Crippen LogP) is 1.99. The first-order valence-electron chi connectivity index (χ1n) is 5.71. The van der Waals surface area contributed by atoms with Crippen LogP contribution in [-0.4, -0.2) is 26.4 Å². The van der Waals surface area contributed by atoms with Gasteiger partial charge in [0.25, 0.3) is 0 Å². The minimum atomic E-state index is 0.166. The lowest BCUT2D eigenvalue weighted by Gasteiger charge is -2.16. The van der Waals surface area contributed by atoms with E-state index in [9.17, 15) is 0 Å². The molecule has 0 radical (unpaired) electrons. The largest absolute Gasteiger partial charge is 0.490 e. The van der Waals surface area contributed by atoms with E-state index in [2.05, 4.69) is 13.0 Å². The Bertz CT molecular complexity index is 302. The van der Waals surface area contributed by atoms with Crippen LogP contribution >= 0.6 is 0 Å². The van der Waals surface area contributed by atoms with Gasteiger partial charge in [0.15, 0.2) is 0 Å². The third-order valence-corrected chi connectivity index (χ3v) is 2.44. The molecule has 2 N–H and O–H groups in total. The van der Waals surface area contributed by atoms with Crippen molar-refractivity contribution in [3.63, 3.8) is 0 Å². The summed E-state index contributed by atoms with van der Waals surface area (Å²) in [4.78, 5) is 0. The van der Waals surface area contributed by atoms with Crippen LogP contribution in [0.3, 0.4) is 0 Å². The molecule has 90 valence electrons. The Balaban J connectivity index is 2.57. The van der Waals surface area contributed by atoms with Crippen LogP contribution in [0, 0.1) is 0 Å². The van der Waals surface area contributed by atoms with E-state index in [1.807, 2.05) is 18.2 Å². The van der Waals surface area contributed by atoms with Gasteiger partial charge in [0.05, 0.1) is 6.10 Å². The molecule has 1 aromatic rings. The summed E-state index contributed by atoms with van der Waals surface area (Å²) in [5, 5.41) is 0. The van der Waals surface area contributed by atoms with Crippen LogP contribution in [0.25, 0.3) is 0 Å². The fraction of sp³-hybridized carbons (Fsp3) is 0.538. The molecule has 0 spiro atoms. The van der Waals surface area contributed by atoms with Crippen LogP contribution in [-0.2, 0) is 11.2 Å². The fourth-order valence-electron chi connectivity index (χ4n) is 1.54. The Labute approximate surface area is 97.6 Å². The molecule has 0 heterocycles. The zero-order chi connectivity index (χ0) is 11.8. The zero-order valence-corrected chi connectivity index (χ0v) is 10.1. The molecule has 0 aromatic heterocycles. The van der Waals surface area contributed by atoms with E-state index in [-0.39, 0.29) is 6.10 Å². The van der Waals surface area contributed by atoms with Gasteiger partial charge in [-0.05, 0) is 31.5 Å². The Hall–Kier alpha value is -1.06. The van der Waals surface area contributed by atoms with Crippen LogP contribution in [0.2, 0.25) is 0 Å². The third kappa shape index (κ3) is 4.21. The topological polar surface area (TPSA) is 44.5 Å². The molecule has 1 unspecified atom stereocenters. The van der Waals surface area contributed by atoms with Crippen molar-refractivity contribution >= 4 is 0 Å². The van der Waals surface area contributed by atoms with Crippen LogP contribution in [0.1, 0.15) is 18.9 Å². The van der Waals surface area contributed by atoms with Gasteiger partial charge in [0.2, 0.25) is 0 Å². The molecule has 0 aliphatic heterocycles. The Morgan fingerprint density at radius 2 is 2.06 bits per heavy atom. The standard InChI is InChI=1S/C13H21NO2/c1-11(8-10-15-2)16-13-6-4-3-5-12(13)7-9-14/h3-6,11H,7-10,14H2,1-2H3. The normalized spacial score (nSPS) is 12.4. The van der Waals surface area contributed by atoms with Crippen molar-refractivity contribution in [2.75, 3.05) is 20.3 Å². The molecule has 1 rings (SSSR count). The van der Waals surface area contributed by atoms with Gasteiger partial charge in [0, 0.05) is 20.1 Å². The van der Waals surface area contributed by atoms with Gasteiger partial charge in [-0.1, -0.05) is 18.2 Å². The van der Waals surface area contributed by atoms with Crippen molar-refractivity contribution in [3.8, 4) is 5.75 Å².